The van der Waals surface area contributed by atoms with Crippen molar-refractivity contribution in [1.82, 2.24) is 0 Å². The maximum atomic E-state index is 12.8. The Kier molecular flexibility index (Phi) is 4.98. The number of benzene rings is 2. The van der Waals surface area contributed by atoms with Gasteiger partial charge in [-0.25, -0.2) is 0 Å². The van der Waals surface area contributed by atoms with E-state index in [9.17, 15) is 9.59 Å². The van der Waals surface area contributed by atoms with Crippen LogP contribution in [0.5, 0.6) is 5.75 Å². The van der Waals surface area contributed by atoms with Crippen LogP contribution in [0.15, 0.2) is 48.5 Å². The van der Waals surface area contributed by atoms with Crippen molar-refractivity contribution in [3.05, 3.63) is 65.2 Å². The quantitative estimate of drug-likeness (QED) is 0.770. The summed E-state index contributed by atoms with van der Waals surface area (Å²) in [7, 11) is 2.94. The zero-order valence-electron chi connectivity index (χ0n) is 15.2. The summed E-state index contributed by atoms with van der Waals surface area (Å²) < 4.78 is 15.9. The fourth-order valence-corrected chi connectivity index (χ4v) is 3.60. The highest BCUT2D eigenvalue weighted by atomic mass is 16.6. The highest BCUT2D eigenvalue weighted by Gasteiger charge is 2.56. The molecule has 1 saturated heterocycles. The summed E-state index contributed by atoms with van der Waals surface area (Å²) in [4.78, 5) is 25.0. The molecule has 1 heterocycles. The molecule has 2 atom stereocenters. The first-order valence-electron chi connectivity index (χ1n) is 8.46. The molecule has 2 aromatic rings. The van der Waals surface area contributed by atoms with Gasteiger partial charge in [-0.1, -0.05) is 36.4 Å². The summed E-state index contributed by atoms with van der Waals surface area (Å²) >= 11 is 0. The number of carbonyl (C=O) groups excluding carboxylic acids is 2. The summed E-state index contributed by atoms with van der Waals surface area (Å²) in [6.07, 6.45) is -0.343. The average molecular weight is 354 g/mol. The van der Waals surface area contributed by atoms with E-state index in [1.165, 1.54) is 7.11 Å². The van der Waals surface area contributed by atoms with E-state index >= 15 is 0 Å². The van der Waals surface area contributed by atoms with Crippen LogP contribution in [0.3, 0.4) is 0 Å². The summed E-state index contributed by atoms with van der Waals surface area (Å²) in [5, 5.41) is 0. The number of rotatable bonds is 5. The molecule has 136 valence electrons. The van der Waals surface area contributed by atoms with Crippen LogP contribution in [0.4, 0.5) is 0 Å². The number of hydrogen-bond acceptors (Lipinski definition) is 5. The second-order valence-corrected chi connectivity index (χ2v) is 6.58. The summed E-state index contributed by atoms with van der Waals surface area (Å²) in [5.41, 5.74) is 1.62. The fourth-order valence-electron chi connectivity index (χ4n) is 3.60. The molecule has 0 aliphatic carbocycles. The van der Waals surface area contributed by atoms with Gasteiger partial charge < -0.3 is 14.2 Å². The first kappa shape index (κ1) is 18.0. The largest absolute Gasteiger partial charge is 0.497 e. The maximum Gasteiger partial charge on any atom is 0.316 e. The normalized spacial score (nSPS) is 22.0. The molecule has 1 aliphatic heterocycles. The molecule has 0 amide bonds. The van der Waals surface area contributed by atoms with Crippen LogP contribution >= 0.6 is 0 Å². The highest BCUT2D eigenvalue weighted by molar-refractivity contribution is 5.88. The third-order valence-electron chi connectivity index (χ3n) is 4.95. The Balaban J connectivity index is 2.05. The monoisotopic (exact) mass is 354 g/mol. The number of carbonyl (C=O) groups is 2. The van der Waals surface area contributed by atoms with Gasteiger partial charge in [-0.3, -0.25) is 9.59 Å². The molecule has 0 aromatic heterocycles. The molecule has 2 unspecified atom stereocenters. The predicted molar refractivity (Wildman–Crippen MR) is 95.8 cm³/mol. The van der Waals surface area contributed by atoms with E-state index in [1.54, 1.807) is 7.11 Å². The molecule has 5 nitrogen and oxygen atoms in total. The van der Waals surface area contributed by atoms with E-state index in [0.29, 0.717) is 6.42 Å². The Labute approximate surface area is 152 Å². The SMILES string of the molecule is COC(=O)C1(Cc2ccc(OC)cc2)CC(=O)OC1c1ccccc1C. The van der Waals surface area contributed by atoms with E-state index in [1.807, 2.05) is 55.5 Å². The highest BCUT2D eigenvalue weighted by Crippen LogP contribution is 2.49. The van der Waals surface area contributed by atoms with Gasteiger partial charge in [0, 0.05) is 0 Å². The van der Waals surface area contributed by atoms with Gasteiger partial charge in [-0.2, -0.15) is 0 Å². The number of ether oxygens (including phenoxy) is 3. The van der Waals surface area contributed by atoms with Gasteiger partial charge >= 0.3 is 11.9 Å². The van der Waals surface area contributed by atoms with Crippen molar-refractivity contribution in [3.8, 4) is 5.75 Å². The van der Waals surface area contributed by atoms with Crippen molar-refractivity contribution in [1.29, 1.82) is 0 Å². The zero-order chi connectivity index (χ0) is 18.7. The number of methoxy groups -OCH3 is 2. The van der Waals surface area contributed by atoms with Crippen LogP contribution in [0.1, 0.15) is 29.2 Å². The number of aryl methyl sites for hydroxylation is 1. The number of cyclic esters (lactones) is 1. The van der Waals surface area contributed by atoms with E-state index in [0.717, 1.165) is 22.4 Å². The Hall–Kier alpha value is -2.82. The molecule has 2 aromatic carbocycles. The van der Waals surface area contributed by atoms with Crippen LogP contribution in [-0.2, 0) is 25.5 Å². The topological polar surface area (TPSA) is 61.8 Å². The van der Waals surface area contributed by atoms with Crippen LogP contribution in [0.2, 0.25) is 0 Å². The van der Waals surface area contributed by atoms with Crippen molar-refractivity contribution < 1.29 is 23.8 Å². The van der Waals surface area contributed by atoms with E-state index in [2.05, 4.69) is 0 Å². The Bertz CT molecular complexity index is 811. The molecule has 0 N–H and O–H groups in total. The minimum absolute atomic E-state index is 0.00922. The summed E-state index contributed by atoms with van der Waals surface area (Å²) in [5.74, 6) is -0.0975. The zero-order valence-corrected chi connectivity index (χ0v) is 15.2. The van der Waals surface area contributed by atoms with Gasteiger partial charge in [-0.05, 0) is 42.2 Å². The first-order valence-corrected chi connectivity index (χ1v) is 8.46. The van der Waals surface area contributed by atoms with E-state index < -0.39 is 23.5 Å². The summed E-state index contributed by atoms with van der Waals surface area (Å²) in [6, 6.07) is 15.1. The molecule has 0 saturated carbocycles. The molecular weight excluding hydrogens is 332 g/mol. The molecule has 5 heteroatoms. The lowest BCUT2D eigenvalue weighted by molar-refractivity contribution is -0.157. The van der Waals surface area contributed by atoms with Gasteiger partial charge in [0.25, 0.3) is 0 Å². The van der Waals surface area contributed by atoms with Crippen molar-refractivity contribution in [2.24, 2.45) is 5.41 Å². The van der Waals surface area contributed by atoms with Gasteiger partial charge in [0.15, 0.2) is 0 Å². The second-order valence-electron chi connectivity index (χ2n) is 6.58. The van der Waals surface area contributed by atoms with Gasteiger partial charge in [0.1, 0.15) is 17.3 Å². The lowest BCUT2D eigenvalue weighted by Gasteiger charge is -2.31. The summed E-state index contributed by atoms with van der Waals surface area (Å²) in [6.45, 7) is 1.94. The average Bonchev–Trinajstić information content (AvgIpc) is 2.99. The maximum absolute atomic E-state index is 12.8. The van der Waals surface area contributed by atoms with E-state index in [-0.39, 0.29) is 6.42 Å². The van der Waals surface area contributed by atoms with Crippen molar-refractivity contribution >= 4 is 11.9 Å². The molecule has 0 radical (unpaired) electrons. The minimum atomic E-state index is -1.09. The fraction of sp³-hybridized carbons (Fsp3) is 0.333. The third kappa shape index (κ3) is 3.17. The Morgan fingerprint density at radius 1 is 1.15 bits per heavy atom. The molecule has 3 rings (SSSR count). The predicted octanol–water partition coefficient (Wildman–Crippen LogP) is 3.39. The smallest absolute Gasteiger partial charge is 0.316 e. The standard InChI is InChI=1S/C21H22O5/c1-14-6-4-5-7-17(14)19-21(20(23)25-3,13-18(22)26-19)12-15-8-10-16(24-2)11-9-15/h4-11,19H,12-13H2,1-3H3. The Morgan fingerprint density at radius 3 is 2.46 bits per heavy atom. The number of esters is 2. The van der Waals surface area contributed by atoms with Gasteiger partial charge in [0.2, 0.25) is 0 Å². The van der Waals surface area contributed by atoms with Gasteiger partial charge in [0.05, 0.1) is 20.6 Å². The van der Waals surface area contributed by atoms with Crippen molar-refractivity contribution in [2.75, 3.05) is 14.2 Å². The third-order valence-corrected chi connectivity index (χ3v) is 4.95. The van der Waals surface area contributed by atoms with Crippen molar-refractivity contribution in [3.63, 3.8) is 0 Å². The second kappa shape index (κ2) is 7.20. The molecule has 1 fully saturated rings. The molecule has 26 heavy (non-hydrogen) atoms. The van der Waals surface area contributed by atoms with Crippen molar-refractivity contribution in [2.45, 2.75) is 25.9 Å². The first-order chi connectivity index (χ1) is 12.5. The lowest BCUT2D eigenvalue weighted by Crippen LogP contribution is -2.37. The molecule has 0 bridgehead atoms. The minimum Gasteiger partial charge on any atom is -0.497 e. The van der Waals surface area contributed by atoms with Crippen LogP contribution in [0, 0.1) is 12.3 Å². The van der Waals surface area contributed by atoms with Gasteiger partial charge in [-0.15, -0.1) is 0 Å². The van der Waals surface area contributed by atoms with E-state index in [4.69, 9.17) is 14.2 Å². The Morgan fingerprint density at radius 2 is 1.85 bits per heavy atom. The number of hydrogen-bond donors (Lipinski definition) is 0. The van der Waals surface area contributed by atoms with Crippen LogP contribution in [0.25, 0.3) is 0 Å². The van der Waals surface area contributed by atoms with Crippen LogP contribution < -0.4 is 4.74 Å². The molecule has 1 aliphatic rings. The molecular formula is C21H22O5. The lowest BCUT2D eigenvalue weighted by atomic mass is 9.72. The van der Waals surface area contributed by atoms with Crippen LogP contribution in [-0.4, -0.2) is 26.2 Å². The molecule has 0 spiro atoms.